The van der Waals surface area contributed by atoms with Crippen molar-refractivity contribution in [2.24, 2.45) is 5.92 Å². The molecule has 31 heavy (non-hydrogen) atoms. The van der Waals surface area contributed by atoms with Gasteiger partial charge in [-0.2, -0.15) is 0 Å². The Morgan fingerprint density at radius 1 is 1.19 bits per heavy atom. The number of methoxy groups -OCH3 is 2. The predicted molar refractivity (Wildman–Crippen MR) is 114 cm³/mol. The summed E-state index contributed by atoms with van der Waals surface area (Å²) < 4.78 is 16.9. The van der Waals surface area contributed by atoms with Crippen molar-refractivity contribution < 1.29 is 23.8 Å². The summed E-state index contributed by atoms with van der Waals surface area (Å²) in [6.45, 7) is 0. The number of amides is 1. The average molecular weight is 462 g/mol. The highest BCUT2D eigenvalue weighted by molar-refractivity contribution is 7.13. The molecule has 4 unspecified atom stereocenters. The van der Waals surface area contributed by atoms with Gasteiger partial charge in [0.05, 0.1) is 31.8 Å². The number of nitrogens with zero attached hydrogens (tertiary/aromatic N) is 3. The number of halogens is 1. The summed E-state index contributed by atoms with van der Waals surface area (Å²) in [6.07, 6.45) is 1.61. The monoisotopic (exact) mass is 461 g/mol. The zero-order chi connectivity index (χ0) is 21.7. The second-order valence-corrected chi connectivity index (χ2v) is 9.12. The maximum Gasteiger partial charge on any atom is 0.296 e. The highest BCUT2D eigenvalue weighted by Crippen LogP contribution is 2.49. The van der Waals surface area contributed by atoms with Gasteiger partial charge in [0.15, 0.2) is 23.0 Å². The van der Waals surface area contributed by atoms with Gasteiger partial charge in [0.1, 0.15) is 11.6 Å². The number of benzene rings is 1. The number of aromatic nitrogens is 2. The molecule has 8 nitrogen and oxygen atoms in total. The number of ketones is 1. The second-order valence-electron chi connectivity index (χ2n) is 7.69. The summed E-state index contributed by atoms with van der Waals surface area (Å²) in [5, 5.41) is 8.29. The first-order chi connectivity index (χ1) is 15.0. The van der Waals surface area contributed by atoms with Crippen molar-refractivity contribution in [3.05, 3.63) is 40.6 Å². The summed E-state index contributed by atoms with van der Waals surface area (Å²) in [7, 11) is 3.09. The second kappa shape index (κ2) is 7.80. The van der Waals surface area contributed by atoms with Gasteiger partial charge in [-0.1, -0.05) is 17.4 Å². The van der Waals surface area contributed by atoms with Crippen LogP contribution in [0.4, 0.5) is 5.13 Å². The van der Waals surface area contributed by atoms with E-state index in [1.165, 1.54) is 23.3 Å². The van der Waals surface area contributed by atoms with E-state index in [0.717, 1.165) is 6.42 Å². The molecule has 0 radical (unpaired) electrons. The van der Waals surface area contributed by atoms with Crippen LogP contribution in [0.15, 0.2) is 35.0 Å². The van der Waals surface area contributed by atoms with Crippen molar-refractivity contribution in [1.82, 2.24) is 10.2 Å². The normalized spacial score (nSPS) is 27.6. The molecular weight excluding hydrogens is 442 g/mol. The van der Waals surface area contributed by atoms with Crippen LogP contribution >= 0.6 is 22.9 Å². The Kier molecular flexibility index (Phi) is 5.10. The summed E-state index contributed by atoms with van der Waals surface area (Å²) >= 11 is 7.59. The smallest absolute Gasteiger partial charge is 0.296 e. The Morgan fingerprint density at radius 2 is 2.00 bits per heavy atom. The van der Waals surface area contributed by atoms with Crippen LogP contribution in [-0.4, -0.2) is 47.6 Å². The molecule has 162 valence electrons. The Labute approximate surface area is 187 Å². The first-order valence-electron chi connectivity index (χ1n) is 9.94. The van der Waals surface area contributed by atoms with Gasteiger partial charge in [0.25, 0.3) is 5.91 Å². The van der Waals surface area contributed by atoms with E-state index in [-0.39, 0.29) is 34.8 Å². The molecule has 1 aliphatic carbocycles. The third-order valence-corrected chi connectivity index (χ3v) is 7.15. The molecule has 10 heteroatoms. The molecule has 1 fully saturated rings. The van der Waals surface area contributed by atoms with Crippen LogP contribution in [-0.2, 0) is 14.3 Å². The minimum atomic E-state index is -0.695. The van der Waals surface area contributed by atoms with E-state index < -0.39 is 6.04 Å². The Morgan fingerprint density at radius 3 is 2.71 bits per heavy atom. The van der Waals surface area contributed by atoms with Crippen LogP contribution in [0, 0.1) is 5.92 Å². The number of anilines is 1. The van der Waals surface area contributed by atoms with Crippen molar-refractivity contribution in [3.63, 3.8) is 0 Å². The predicted octanol–water partition coefficient (Wildman–Crippen LogP) is 3.27. The highest BCUT2D eigenvalue weighted by atomic mass is 35.5. The number of carbonyl (C=O) groups excluding carboxylic acids is 2. The van der Waals surface area contributed by atoms with Crippen LogP contribution in [0.5, 0.6) is 11.5 Å². The van der Waals surface area contributed by atoms with Crippen molar-refractivity contribution in [2.45, 2.75) is 36.8 Å². The molecule has 3 aliphatic rings. The topological polar surface area (TPSA) is 90.9 Å². The molecule has 0 spiro atoms. The fraction of sp³-hybridized carbons (Fsp3) is 0.429. The SMILES string of the molecule is COc1ccc(C2C3=C(OC4CCC(Cl)CC4C3=O)C(=O)N2c2nncs2)cc1OC. The minimum Gasteiger partial charge on any atom is -0.493 e. The van der Waals surface area contributed by atoms with Crippen molar-refractivity contribution >= 4 is 39.8 Å². The molecule has 1 aromatic carbocycles. The van der Waals surface area contributed by atoms with E-state index in [9.17, 15) is 9.59 Å². The lowest BCUT2D eigenvalue weighted by Crippen LogP contribution is -2.41. The van der Waals surface area contributed by atoms with E-state index in [1.807, 2.05) is 6.07 Å². The largest absolute Gasteiger partial charge is 0.493 e. The van der Waals surface area contributed by atoms with Gasteiger partial charge in [-0.05, 0) is 37.0 Å². The number of hydrogen-bond donors (Lipinski definition) is 0. The standard InChI is InChI=1S/C21H20ClN3O5S/c1-28-14-5-3-10(7-15(14)29-2)17-16-18(26)12-8-11(22)4-6-13(12)30-19(16)20(27)25(17)21-24-23-9-31-21/h3,5,7,9,11-13,17H,4,6,8H2,1-2H3. The van der Waals surface area contributed by atoms with Gasteiger partial charge in [0, 0.05) is 5.38 Å². The number of Topliss-reactive ketones (excluding diaryl/α,β-unsaturated/α-hetero) is 1. The zero-order valence-corrected chi connectivity index (χ0v) is 18.5. The summed E-state index contributed by atoms with van der Waals surface area (Å²) in [4.78, 5) is 28.6. The maximum absolute atomic E-state index is 13.6. The van der Waals surface area contributed by atoms with Crippen molar-refractivity contribution in [1.29, 1.82) is 0 Å². The molecule has 1 saturated carbocycles. The summed E-state index contributed by atoms with van der Waals surface area (Å²) in [5.41, 5.74) is 2.59. The van der Waals surface area contributed by atoms with Crippen molar-refractivity contribution in [3.8, 4) is 11.5 Å². The van der Waals surface area contributed by atoms with Gasteiger partial charge < -0.3 is 14.2 Å². The number of alkyl halides is 1. The van der Waals surface area contributed by atoms with Crippen LogP contribution in [0.3, 0.4) is 0 Å². The number of ether oxygens (including phenoxy) is 3. The first kappa shape index (κ1) is 20.3. The lowest BCUT2D eigenvalue weighted by Gasteiger charge is -2.37. The molecule has 2 aromatic rings. The lowest BCUT2D eigenvalue weighted by molar-refractivity contribution is -0.131. The fourth-order valence-corrected chi connectivity index (χ4v) is 5.53. The third kappa shape index (κ3) is 3.18. The molecule has 0 saturated heterocycles. The Bertz CT molecular complexity index is 1070. The van der Waals surface area contributed by atoms with Gasteiger partial charge in [0.2, 0.25) is 5.13 Å². The van der Waals surface area contributed by atoms with Crippen LogP contribution < -0.4 is 14.4 Å². The molecule has 0 N–H and O–H groups in total. The van der Waals surface area contributed by atoms with Crippen LogP contribution in [0.25, 0.3) is 0 Å². The van der Waals surface area contributed by atoms with Gasteiger partial charge in [-0.3, -0.25) is 14.5 Å². The summed E-state index contributed by atoms with van der Waals surface area (Å²) in [5.74, 6) is 0.326. The van der Waals surface area contributed by atoms with Crippen molar-refractivity contribution in [2.75, 3.05) is 19.1 Å². The highest BCUT2D eigenvalue weighted by Gasteiger charge is 2.54. The number of fused-ring (bicyclic) bond motifs is 1. The van der Waals surface area contributed by atoms with Crippen LogP contribution in [0.2, 0.25) is 0 Å². The molecule has 0 bridgehead atoms. The Balaban J connectivity index is 1.65. The van der Waals surface area contributed by atoms with E-state index >= 15 is 0 Å². The van der Waals surface area contributed by atoms with E-state index in [2.05, 4.69) is 10.2 Å². The zero-order valence-electron chi connectivity index (χ0n) is 16.9. The van der Waals surface area contributed by atoms with E-state index in [0.29, 0.717) is 40.6 Å². The number of carbonyl (C=O) groups is 2. The summed E-state index contributed by atoms with van der Waals surface area (Å²) in [6, 6.07) is 4.64. The number of rotatable bonds is 4. The molecule has 2 aliphatic heterocycles. The first-order valence-corrected chi connectivity index (χ1v) is 11.3. The Hall–Kier alpha value is -2.65. The van der Waals surface area contributed by atoms with Gasteiger partial charge >= 0.3 is 0 Å². The quantitative estimate of drug-likeness (QED) is 0.645. The van der Waals surface area contributed by atoms with E-state index in [4.69, 9.17) is 25.8 Å². The maximum atomic E-state index is 13.6. The van der Waals surface area contributed by atoms with E-state index in [1.54, 1.807) is 24.8 Å². The molecule has 4 atom stereocenters. The van der Waals surface area contributed by atoms with Crippen LogP contribution in [0.1, 0.15) is 30.9 Å². The molecule has 1 aromatic heterocycles. The fourth-order valence-electron chi connectivity index (χ4n) is 4.62. The molecule has 3 heterocycles. The number of hydrogen-bond acceptors (Lipinski definition) is 8. The third-order valence-electron chi connectivity index (χ3n) is 6.06. The molecular formula is C21H20ClN3O5S. The average Bonchev–Trinajstić information content (AvgIpc) is 3.40. The molecule has 5 rings (SSSR count). The lowest BCUT2D eigenvalue weighted by atomic mass is 9.77. The molecule has 1 amide bonds. The van der Waals surface area contributed by atoms with Gasteiger partial charge in [-0.15, -0.1) is 21.8 Å². The van der Waals surface area contributed by atoms with Gasteiger partial charge in [-0.25, -0.2) is 0 Å². The minimum absolute atomic E-state index is 0.0770.